The van der Waals surface area contributed by atoms with Gasteiger partial charge in [-0.1, -0.05) is 38.1 Å². The first-order chi connectivity index (χ1) is 9.74. The molecule has 0 amide bonds. The fourth-order valence-corrected chi connectivity index (χ4v) is 3.13. The molecule has 1 saturated carbocycles. The molecule has 1 aromatic rings. The standard InChI is InChI=1S/C18H29NO/c1-4-13-19-17(18(20-3)11-6-12-18)14-16-9-7-15(5-2)8-10-16/h7-10,17,19H,4-6,11-14H2,1-3H3. The van der Waals surface area contributed by atoms with Crippen molar-refractivity contribution in [3.05, 3.63) is 35.4 Å². The van der Waals surface area contributed by atoms with Crippen LogP contribution in [0.4, 0.5) is 0 Å². The van der Waals surface area contributed by atoms with Crippen LogP contribution in [0.15, 0.2) is 24.3 Å². The summed E-state index contributed by atoms with van der Waals surface area (Å²) in [7, 11) is 1.87. The first kappa shape index (κ1) is 15.5. The topological polar surface area (TPSA) is 21.3 Å². The Morgan fingerprint density at radius 2 is 1.80 bits per heavy atom. The van der Waals surface area contributed by atoms with Gasteiger partial charge in [-0.15, -0.1) is 0 Å². The van der Waals surface area contributed by atoms with E-state index in [1.54, 1.807) is 0 Å². The van der Waals surface area contributed by atoms with Gasteiger partial charge < -0.3 is 10.1 Å². The van der Waals surface area contributed by atoms with Gasteiger partial charge in [-0.3, -0.25) is 0 Å². The maximum absolute atomic E-state index is 5.89. The number of benzene rings is 1. The molecular formula is C18H29NO. The van der Waals surface area contributed by atoms with E-state index in [4.69, 9.17) is 4.74 Å². The predicted molar refractivity (Wildman–Crippen MR) is 85.2 cm³/mol. The minimum absolute atomic E-state index is 0.0681. The molecule has 1 fully saturated rings. The fraction of sp³-hybridized carbons (Fsp3) is 0.667. The van der Waals surface area contributed by atoms with Crippen molar-refractivity contribution >= 4 is 0 Å². The zero-order valence-corrected chi connectivity index (χ0v) is 13.2. The minimum Gasteiger partial charge on any atom is -0.377 e. The molecule has 0 aliphatic heterocycles. The monoisotopic (exact) mass is 275 g/mol. The third-order valence-electron chi connectivity index (χ3n) is 4.75. The number of aryl methyl sites for hydroxylation is 1. The summed E-state index contributed by atoms with van der Waals surface area (Å²) in [6.45, 7) is 5.50. The maximum atomic E-state index is 5.89. The van der Waals surface area contributed by atoms with Crippen LogP contribution in [0.2, 0.25) is 0 Å². The number of hydrogen-bond donors (Lipinski definition) is 1. The second-order valence-electron chi connectivity index (χ2n) is 6.00. The molecule has 1 atom stereocenters. The summed E-state index contributed by atoms with van der Waals surface area (Å²) in [6.07, 6.45) is 7.03. The first-order valence-corrected chi connectivity index (χ1v) is 8.10. The van der Waals surface area contributed by atoms with Crippen molar-refractivity contribution in [2.45, 2.75) is 64.0 Å². The van der Waals surface area contributed by atoms with E-state index in [2.05, 4.69) is 43.4 Å². The fourth-order valence-electron chi connectivity index (χ4n) is 3.13. The third-order valence-corrected chi connectivity index (χ3v) is 4.75. The molecule has 20 heavy (non-hydrogen) atoms. The van der Waals surface area contributed by atoms with E-state index in [-0.39, 0.29) is 5.60 Å². The van der Waals surface area contributed by atoms with E-state index in [0.717, 1.165) is 19.4 Å². The highest BCUT2D eigenvalue weighted by atomic mass is 16.5. The highest BCUT2D eigenvalue weighted by Gasteiger charge is 2.43. The van der Waals surface area contributed by atoms with Gasteiger partial charge in [-0.2, -0.15) is 0 Å². The predicted octanol–water partition coefficient (Wildman–Crippen LogP) is 3.73. The summed E-state index contributed by atoms with van der Waals surface area (Å²) >= 11 is 0. The van der Waals surface area contributed by atoms with Crippen molar-refractivity contribution in [3.8, 4) is 0 Å². The van der Waals surface area contributed by atoms with Gasteiger partial charge in [0.25, 0.3) is 0 Å². The van der Waals surface area contributed by atoms with E-state index in [0.29, 0.717) is 6.04 Å². The second kappa shape index (κ2) is 7.24. The Morgan fingerprint density at radius 3 is 2.25 bits per heavy atom. The Labute approximate surface area is 123 Å². The van der Waals surface area contributed by atoms with Crippen molar-refractivity contribution in [1.82, 2.24) is 5.32 Å². The van der Waals surface area contributed by atoms with Gasteiger partial charge in [0, 0.05) is 13.2 Å². The summed E-state index contributed by atoms with van der Waals surface area (Å²) < 4.78 is 5.89. The molecule has 1 aromatic carbocycles. The van der Waals surface area contributed by atoms with E-state index < -0.39 is 0 Å². The number of rotatable bonds is 8. The zero-order chi connectivity index (χ0) is 14.4. The largest absolute Gasteiger partial charge is 0.377 e. The van der Waals surface area contributed by atoms with Crippen LogP contribution in [-0.4, -0.2) is 25.3 Å². The molecule has 1 aliphatic rings. The zero-order valence-electron chi connectivity index (χ0n) is 13.2. The molecule has 2 heteroatoms. The molecule has 2 rings (SSSR count). The number of methoxy groups -OCH3 is 1. The van der Waals surface area contributed by atoms with Gasteiger partial charge in [0.2, 0.25) is 0 Å². The second-order valence-corrected chi connectivity index (χ2v) is 6.00. The van der Waals surface area contributed by atoms with Crippen molar-refractivity contribution in [1.29, 1.82) is 0 Å². The number of ether oxygens (including phenoxy) is 1. The van der Waals surface area contributed by atoms with Crippen LogP contribution in [0.5, 0.6) is 0 Å². The summed E-state index contributed by atoms with van der Waals surface area (Å²) in [4.78, 5) is 0. The molecule has 0 bridgehead atoms. The van der Waals surface area contributed by atoms with E-state index in [1.165, 1.54) is 36.8 Å². The Morgan fingerprint density at radius 1 is 1.15 bits per heavy atom. The lowest BCUT2D eigenvalue weighted by atomic mass is 9.72. The molecule has 1 aliphatic carbocycles. The third kappa shape index (κ3) is 3.42. The van der Waals surface area contributed by atoms with Crippen molar-refractivity contribution in [2.75, 3.05) is 13.7 Å². The van der Waals surface area contributed by atoms with Crippen LogP contribution in [0, 0.1) is 0 Å². The normalized spacial score (nSPS) is 18.6. The lowest BCUT2D eigenvalue weighted by molar-refractivity contribution is -0.0980. The number of nitrogens with one attached hydrogen (secondary N) is 1. The van der Waals surface area contributed by atoms with E-state index >= 15 is 0 Å². The van der Waals surface area contributed by atoms with Crippen LogP contribution in [-0.2, 0) is 17.6 Å². The molecule has 0 spiro atoms. The van der Waals surface area contributed by atoms with Gasteiger partial charge in [-0.05, 0) is 56.2 Å². The van der Waals surface area contributed by atoms with Crippen LogP contribution < -0.4 is 5.32 Å². The molecule has 0 saturated heterocycles. The van der Waals surface area contributed by atoms with Gasteiger partial charge in [0.1, 0.15) is 0 Å². The highest BCUT2D eigenvalue weighted by molar-refractivity contribution is 5.24. The molecule has 0 heterocycles. The summed E-state index contributed by atoms with van der Waals surface area (Å²) in [5.41, 5.74) is 2.90. The average Bonchev–Trinajstić information content (AvgIpc) is 2.44. The van der Waals surface area contributed by atoms with Gasteiger partial charge in [-0.25, -0.2) is 0 Å². The lowest BCUT2D eigenvalue weighted by Crippen LogP contribution is -2.57. The Bertz CT molecular complexity index is 389. The van der Waals surface area contributed by atoms with Crippen LogP contribution in [0.25, 0.3) is 0 Å². The Hall–Kier alpha value is -0.860. The molecule has 1 N–H and O–H groups in total. The van der Waals surface area contributed by atoms with Crippen LogP contribution in [0.1, 0.15) is 50.7 Å². The first-order valence-electron chi connectivity index (χ1n) is 8.10. The summed E-state index contributed by atoms with van der Waals surface area (Å²) in [5.74, 6) is 0. The molecular weight excluding hydrogens is 246 g/mol. The van der Waals surface area contributed by atoms with Gasteiger partial charge >= 0.3 is 0 Å². The SMILES string of the molecule is CCCNC(Cc1ccc(CC)cc1)C1(OC)CCC1. The summed E-state index contributed by atoms with van der Waals surface area (Å²) in [5, 5.41) is 3.72. The maximum Gasteiger partial charge on any atom is 0.0834 e. The van der Waals surface area contributed by atoms with Gasteiger partial charge in [0.05, 0.1) is 5.60 Å². The lowest BCUT2D eigenvalue weighted by Gasteiger charge is -2.47. The number of hydrogen-bond acceptors (Lipinski definition) is 2. The smallest absolute Gasteiger partial charge is 0.0834 e. The Balaban J connectivity index is 2.06. The van der Waals surface area contributed by atoms with Crippen molar-refractivity contribution in [2.24, 2.45) is 0 Å². The minimum atomic E-state index is 0.0681. The Kier molecular flexibility index (Phi) is 5.62. The quantitative estimate of drug-likeness (QED) is 0.780. The highest BCUT2D eigenvalue weighted by Crippen LogP contribution is 2.39. The molecule has 112 valence electrons. The average molecular weight is 275 g/mol. The molecule has 1 unspecified atom stereocenters. The molecule has 0 aromatic heterocycles. The van der Waals surface area contributed by atoms with Crippen LogP contribution >= 0.6 is 0 Å². The van der Waals surface area contributed by atoms with E-state index in [1.807, 2.05) is 7.11 Å². The van der Waals surface area contributed by atoms with Gasteiger partial charge in [0.15, 0.2) is 0 Å². The van der Waals surface area contributed by atoms with E-state index in [9.17, 15) is 0 Å². The van der Waals surface area contributed by atoms with Crippen molar-refractivity contribution in [3.63, 3.8) is 0 Å². The molecule has 0 radical (unpaired) electrons. The van der Waals surface area contributed by atoms with Crippen molar-refractivity contribution < 1.29 is 4.74 Å². The van der Waals surface area contributed by atoms with Crippen LogP contribution in [0.3, 0.4) is 0 Å². The summed E-state index contributed by atoms with van der Waals surface area (Å²) in [6, 6.07) is 9.51. The molecule has 2 nitrogen and oxygen atoms in total.